The standard InChI is InChI=1S/C18H19IN2O3S/c1-13-2-7-16(25-13)18(23)21-10-8-20(9-11-21)17(22)12-24-15-5-3-14(19)4-6-15/h2-7H,8-12H2,1H3. The first-order chi connectivity index (χ1) is 12.0. The lowest BCUT2D eigenvalue weighted by atomic mass is 10.3. The third kappa shape index (κ3) is 4.72. The van der Waals surface area contributed by atoms with Gasteiger partial charge in [-0.1, -0.05) is 0 Å². The van der Waals surface area contributed by atoms with Crippen LogP contribution in [0.25, 0.3) is 0 Å². The van der Waals surface area contributed by atoms with E-state index in [1.165, 1.54) is 11.3 Å². The van der Waals surface area contributed by atoms with Gasteiger partial charge in [0.2, 0.25) is 0 Å². The summed E-state index contributed by atoms with van der Waals surface area (Å²) in [7, 11) is 0. The molecule has 132 valence electrons. The molecule has 0 spiro atoms. The van der Waals surface area contributed by atoms with E-state index in [1.54, 1.807) is 4.90 Å². The molecule has 1 fully saturated rings. The molecule has 5 nitrogen and oxygen atoms in total. The van der Waals surface area contributed by atoms with Crippen LogP contribution in [0.1, 0.15) is 14.5 Å². The number of hydrogen-bond acceptors (Lipinski definition) is 4. The van der Waals surface area contributed by atoms with E-state index in [1.807, 2.05) is 48.2 Å². The Bertz CT molecular complexity index is 752. The number of nitrogens with zero attached hydrogens (tertiary/aromatic N) is 2. The van der Waals surface area contributed by atoms with Gasteiger partial charge in [0.1, 0.15) is 5.75 Å². The van der Waals surface area contributed by atoms with Crippen LogP contribution in [0.15, 0.2) is 36.4 Å². The molecule has 7 heteroatoms. The van der Waals surface area contributed by atoms with E-state index < -0.39 is 0 Å². The van der Waals surface area contributed by atoms with E-state index in [4.69, 9.17) is 4.74 Å². The summed E-state index contributed by atoms with van der Waals surface area (Å²) in [4.78, 5) is 30.2. The zero-order valence-electron chi connectivity index (χ0n) is 13.9. The number of benzene rings is 1. The molecule has 3 rings (SSSR count). The summed E-state index contributed by atoms with van der Waals surface area (Å²) >= 11 is 3.73. The summed E-state index contributed by atoms with van der Waals surface area (Å²) in [5.74, 6) is 0.702. The lowest BCUT2D eigenvalue weighted by molar-refractivity contribution is -0.134. The lowest BCUT2D eigenvalue weighted by Crippen LogP contribution is -2.51. The summed E-state index contributed by atoms with van der Waals surface area (Å²) in [5, 5.41) is 0. The Morgan fingerprint density at radius 1 is 1.04 bits per heavy atom. The summed E-state index contributed by atoms with van der Waals surface area (Å²) in [6.45, 7) is 4.23. The van der Waals surface area contributed by atoms with Crippen LogP contribution in [0.3, 0.4) is 0 Å². The van der Waals surface area contributed by atoms with Crippen LogP contribution in [0, 0.1) is 10.5 Å². The molecule has 0 N–H and O–H groups in total. The van der Waals surface area contributed by atoms with E-state index in [0.29, 0.717) is 31.9 Å². The first-order valence-corrected chi connectivity index (χ1v) is 9.94. The molecule has 1 aliphatic heterocycles. The molecule has 1 aromatic carbocycles. The Balaban J connectivity index is 1.47. The molecule has 25 heavy (non-hydrogen) atoms. The van der Waals surface area contributed by atoms with Crippen LogP contribution in [-0.4, -0.2) is 54.4 Å². The Morgan fingerprint density at radius 2 is 1.68 bits per heavy atom. The highest BCUT2D eigenvalue weighted by Crippen LogP contribution is 2.18. The summed E-state index contributed by atoms with van der Waals surface area (Å²) in [6, 6.07) is 11.4. The van der Waals surface area contributed by atoms with Crippen molar-refractivity contribution >= 4 is 45.7 Å². The zero-order chi connectivity index (χ0) is 17.8. The van der Waals surface area contributed by atoms with E-state index >= 15 is 0 Å². The highest BCUT2D eigenvalue weighted by molar-refractivity contribution is 14.1. The molecular weight excluding hydrogens is 451 g/mol. The molecule has 2 aromatic rings. The second-order valence-electron chi connectivity index (χ2n) is 5.83. The van der Waals surface area contributed by atoms with Gasteiger partial charge in [-0.2, -0.15) is 0 Å². The molecule has 0 saturated carbocycles. The number of hydrogen-bond donors (Lipinski definition) is 0. The van der Waals surface area contributed by atoms with Gasteiger partial charge < -0.3 is 14.5 Å². The predicted octanol–water partition coefficient (Wildman–Crippen LogP) is 3.02. The minimum absolute atomic E-state index is 0.0264. The van der Waals surface area contributed by atoms with Crippen molar-refractivity contribution < 1.29 is 14.3 Å². The number of amides is 2. The molecule has 0 unspecified atom stereocenters. The maximum absolute atomic E-state index is 12.4. The number of rotatable bonds is 4. The maximum atomic E-state index is 12.4. The van der Waals surface area contributed by atoms with Crippen LogP contribution < -0.4 is 4.74 Å². The molecule has 0 radical (unpaired) electrons. The highest BCUT2D eigenvalue weighted by atomic mass is 127. The molecule has 1 aliphatic rings. The maximum Gasteiger partial charge on any atom is 0.264 e. The van der Waals surface area contributed by atoms with E-state index in [0.717, 1.165) is 13.3 Å². The lowest BCUT2D eigenvalue weighted by Gasteiger charge is -2.34. The van der Waals surface area contributed by atoms with Gasteiger partial charge in [0.15, 0.2) is 6.61 Å². The van der Waals surface area contributed by atoms with E-state index in [-0.39, 0.29) is 18.4 Å². The third-order valence-corrected chi connectivity index (χ3v) is 5.75. The quantitative estimate of drug-likeness (QED) is 0.646. The number of carbonyl (C=O) groups is 2. The van der Waals surface area contributed by atoms with Gasteiger partial charge in [0, 0.05) is 34.6 Å². The SMILES string of the molecule is Cc1ccc(C(=O)N2CCN(C(=O)COc3ccc(I)cc3)CC2)s1. The second-order valence-corrected chi connectivity index (χ2v) is 8.36. The topological polar surface area (TPSA) is 49.9 Å². The third-order valence-electron chi connectivity index (χ3n) is 4.05. The molecule has 0 aliphatic carbocycles. The molecule has 0 bridgehead atoms. The molecule has 2 amide bonds. The fraction of sp³-hybridized carbons (Fsp3) is 0.333. The largest absolute Gasteiger partial charge is 0.484 e. The van der Waals surface area contributed by atoms with Crippen molar-refractivity contribution in [2.45, 2.75) is 6.92 Å². The Kier molecular flexibility index (Phi) is 5.95. The van der Waals surface area contributed by atoms with E-state index in [2.05, 4.69) is 22.6 Å². The Hall–Kier alpha value is -1.61. The summed E-state index contributed by atoms with van der Waals surface area (Å²) in [5.41, 5.74) is 0. The normalized spacial score (nSPS) is 14.5. The number of aryl methyl sites for hydroxylation is 1. The van der Waals surface area contributed by atoms with Gasteiger partial charge in [-0.05, 0) is 65.9 Å². The zero-order valence-corrected chi connectivity index (χ0v) is 16.9. The molecule has 1 saturated heterocycles. The summed E-state index contributed by atoms with van der Waals surface area (Å²) < 4.78 is 6.67. The minimum Gasteiger partial charge on any atom is -0.484 e. The molecular formula is C18H19IN2O3S. The number of carbonyl (C=O) groups excluding carboxylic acids is 2. The average molecular weight is 470 g/mol. The number of piperazine rings is 1. The predicted molar refractivity (Wildman–Crippen MR) is 106 cm³/mol. The monoisotopic (exact) mass is 470 g/mol. The van der Waals surface area contributed by atoms with Crippen molar-refractivity contribution in [2.75, 3.05) is 32.8 Å². The van der Waals surface area contributed by atoms with Crippen LogP contribution in [0.2, 0.25) is 0 Å². The van der Waals surface area contributed by atoms with E-state index in [9.17, 15) is 9.59 Å². The van der Waals surface area contributed by atoms with Gasteiger partial charge in [-0.25, -0.2) is 0 Å². The number of ether oxygens (including phenoxy) is 1. The van der Waals surface area contributed by atoms with Crippen molar-refractivity contribution in [3.05, 3.63) is 49.7 Å². The second kappa shape index (κ2) is 8.18. The molecule has 1 aromatic heterocycles. The van der Waals surface area contributed by atoms with Crippen molar-refractivity contribution in [1.29, 1.82) is 0 Å². The van der Waals surface area contributed by atoms with Gasteiger partial charge in [-0.15, -0.1) is 11.3 Å². The fourth-order valence-electron chi connectivity index (χ4n) is 2.63. The molecule has 0 atom stereocenters. The fourth-order valence-corrected chi connectivity index (χ4v) is 3.83. The van der Waals surface area contributed by atoms with Gasteiger partial charge in [0.05, 0.1) is 4.88 Å². The average Bonchev–Trinajstić information content (AvgIpc) is 3.07. The summed E-state index contributed by atoms with van der Waals surface area (Å²) in [6.07, 6.45) is 0. The van der Waals surface area contributed by atoms with Gasteiger partial charge in [-0.3, -0.25) is 9.59 Å². The number of thiophene rings is 1. The molecule has 2 heterocycles. The van der Waals surface area contributed by atoms with Crippen LogP contribution in [-0.2, 0) is 4.79 Å². The Labute approximate surface area is 164 Å². The first kappa shape index (κ1) is 18.2. The van der Waals surface area contributed by atoms with Crippen LogP contribution in [0.4, 0.5) is 0 Å². The van der Waals surface area contributed by atoms with Crippen molar-refractivity contribution in [3.8, 4) is 5.75 Å². The number of halogens is 1. The van der Waals surface area contributed by atoms with Crippen LogP contribution >= 0.6 is 33.9 Å². The smallest absolute Gasteiger partial charge is 0.264 e. The Morgan fingerprint density at radius 3 is 2.28 bits per heavy atom. The van der Waals surface area contributed by atoms with Crippen LogP contribution in [0.5, 0.6) is 5.75 Å². The van der Waals surface area contributed by atoms with Crippen molar-refractivity contribution in [2.24, 2.45) is 0 Å². The van der Waals surface area contributed by atoms with Crippen molar-refractivity contribution in [3.63, 3.8) is 0 Å². The minimum atomic E-state index is -0.0439. The van der Waals surface area contributed by atoms with Gasteiger partial charge in [0.25, 0.3) is 11.8 Å². The van der Waals surface area contributed by atoms with Gasteiger partial charge >= 0.3 is 0 Å². The highest BCUT2D eigenvalue weighted by Gasteiger charge is 2.25. The van der Waals surface area contributed by atoms with Crippen molar-refractivity contribution in [1.82, 2.24) is 9.80 Å². The first-order valence-electron chi connectivity index (χ1n) is 8.05.